The van der Waals surface area contributed by atoms with Crippen LogP contribution in [0.2, 0.25) is 0 Å². The molecule has 4 rings (SSSR count). The van der Waals surface area contributed by atoms with Gasteiger partial charge in [0.05, 0.1) is 18.0 Å². The monoisotopic (exact) mass is 351 g/mol. The van der Waals surface area contributed by atoms with Crippen LogP contribution in [0.1, 0.15) is 17.0 Å². The number of benzene rings is 1. The molecule has 1 saturated heterocycles. The minimum Gasteiger partial charge on any atom is -0.459 e. The number of nitrogens with one attached hydrogen (secondary N) is 1. The van der Waals surface area contributed by atoms with Crippen molar-refractivity contribution in [2.45, 2.75) is 25.9 Å². The van der Waals surface area contributed by atoms with Gasteiger partial charge in [-0.25, -0.2) is 4.98 Å². The van der Waals surface area contributed by atoms with E-state index in [1.807, 2.05) is 31.2 Å². The van der Waals surface area contributed by atoms with Crippen LogP contribution in [0.4, 0.5) is 0 Å². The minimum atomic E-state index is -0.214. The van der Waals surface area contributed by atoms with Crippen molar-refractivity contribution in [3.05, 3.63) is 65.7 Å². The molecule has 2 aromatic heterocycles. The third-order valence-electron chi connectivity index (χ3n) is 4.69. The molecule has 0 bridgehead atoms. The fourth-order valence-corrected chi connectivity index (χ4v) is 3.28. The van der Waals surface area contributed by atoms with Crippen molar-refractivity contribution in [1.82, 2.24) is 15.2 Å². The number of aryl methyl sites for hydroxylation is 1. The molecule has 1 fully saturated rings. The minimum absolute atomic E-state index is 0.0625. The van der Waals surface area contributed by atoms with Gasteiger partial charge in [0.1, 0.15) is 5.76 Å². The summed E-state index contributed by atoms with van der Waals surface area (Å²) in [5.41, 5.74) is 1.98. The van der Waals surface area contributed by atoms with Gasteiger partial charge in [0.15, 0.2) is 5.76 Å². The second-order valence-electron chi connectivity index (χ2n) is 6.47. The third-order valence-corrected chi connectivity index (χ3v) is 4.69. The largest absolute Gasteiger partial charge is 0.459 e. The molecule has 1 aliphatic rings. The van der Waals surface area contributed by atoms with Crippen molar-refractivity contribution in [3.8, 4) is 11.7 Å². The molecule has 6 nitrogen and oxygen atoms in total. The van der Waals surface area contributed by atoms with Crippen molar-refractivity contribution < 1.29 is 13.6 Å². The van der Waals surface area contributed by atoms with E-state index in [2.05, 4.69) is 27.3 Å². The summed E-state index contributed by atoms with van der Waals surface area (Å²) < 4.78 is 11.1. The Morgan fingerprint density at radius 2 is 2.08 bits per heavy atom. The van der Waals surface area contributed by atoms with Gasteiger partial charge >= 0.3 is 0 Å². The van der Waals surface area contributed by atoms with Crippen molar-refractivity contribution >= 4 is 5.91 Å². The van der Waals surface area contributed by atoms with Crippen LogP contribution in [0.25, 0.3) is 11.7 Å². The smallest absolute Gasteiger partial charge is 0.263 e. The molecular weight excluding hydrogens is 330 g/mol. The number of nitrogens with zero attached hydrogens (tertiary/aromatic N) is 2. The first-order valence-corrected chi connectivity index (χ1v) is 8.76. The maximum absolute atomic E-state index is 12.5. The number of piperazine rings is 1. The third kappa shape index (κ3) is 3.41. The Hall–Kier alpha value is -2.86. The zero-order valence-electron chi connectivity index (χ0n) is 14.6. The first-order valence-electron chi connectivity index (χ1n) is 8.76. The van der Waals surface area contributed by atoms with Gasteiger partial charge < -0.3 is 14.2 Å². The molecule has 134 valence electrons. The van der Waals surface area contributed by atoms with Gasteiger partial charge in [0, 0.05) is 19.6 Å². The first-order chi connectivity index (χ1) is 12.7. The Labute approximate surface area is 151 Å². The number of carbonyl (C=O) groups excluding carboxylic acids is 1. The fraction of sp³-hybridized carbons (Fsp3) is 0.300. The quantitative estimate of drug-likeness (QED) is 0.765. The Bertz CT molecular complexity index is 871. The number of aromatic nitrogens is 1. The number of oxazole rings is 1. The van der Waals surface area contributed by atoms with E-state index in [0.717, 1.165) is 23.6 Å². The lowest BCUT2D eigenvalue weighted by Gasteiger charge is -2.34. The van der Waals surface area contributed by atoms with Gasteiger partial charge in [-0.05, 0) is 31.0 Å². The molecule has 0 spiro atoms. The average molecular weight is 351 g/mol. The molecule has 1 N–H and O–H groups in total. The lowest BCUT2D eigenvalue weighted by Crippen LogP contribution is -2.55. The molecule has 1 atom stereocenters. The van der Waals surface area contributed by atoms with E-state index >= 15 is 0 Å². The van der Waals surface area contributed by atoms with Crippen molar-refractivity contribution in [3.63, 3.8) is 0 Å². The number of amides is 1. The number of hydrogen-bond acceptors (Lipinski definition) is 5. The van der Waals surface area contributed by atoms with Gasteiger partial charge in [0.2, 0.25) is 5.91 Å². The maximum Gasteiger partial charge on any atom is 0.263 e. The second-order valence-corrected chi connectivity index (χ2v) is 6.47. The average Bonchev–Trinajstić information content (AvgIpc) is 3.29. The number of rotatable bonds is 5. The molecule has 26 heavy (non-hydrogen) atoms. The number of carbonyl (C=O) groups is 1. The topological polar surface area (TPSA) is 71.5 Å². The van der Waals surface area contributed by atoms with Crippen LogP contribution < -0.4 is 5.32 Å². The second kappa shape index (κ2) is 7.17. The van der Waals surface area contributed by atoms with Crippen LogP contribution >= 0.6 is 0 Å². The number of hydrogen-bond donors (Lipinski definition) is 1. The van der Waals surface area contributed by atoms with Crippen molar-refractivity contribution in [2.75, 3.05) is 13.1 Å². The summed E-state index contributed by atoms with van der Waals surface area (Å²) >= 11 is 0. The Morgan fingerprint density at radius 1 is 1.23 bits per heavy atom. The Morgan fingerprint density at radius 3 is 2.85 bits per heavy atom. The fourth-order valence-electron chi connectivity index (χ4n) is 3.28. The molecule has 0 saturated carbocycles. The van der Waals surface area contributed by atoms with E-state index in [4.69, 9.17) is 8.83 Å². The highest BCUT2D eigenvalue weighted by molar-refractivity contribution is 5.82. The normalized spacial score (nSPS) is 18.0. The maximum atomic E-state index is 12.5. The van der Waals surface area contributed by atoms with Crippen LogP contribution in [0, 0.1) is 6.92 Å². The van der Waals surface area contributed by atoms with Gasteiger partial charge in [0.25, 0.3) is 5.89 Å². The molecular formula is C20H21N3O3. The summed E-state index contributed by atoms with van der Waals surface area (Å²) in [5, 5.41) is 2.97. The van der Waals surface area contributed by atoms with E-state index in [9.17, 15) is 4.79 Å². The lowest BCUT2D eigenvalue weighted by molar-refractivity contribution is -0.129. The summed E-state index contributed by atoms with van der Waals surface area (Å²) in [6.07, 6.45) is 2.27. The van der Waals surface area contributed by atoms with Gasteiger partial charge in [-0.2, -0.15) is 0 Å². The summed E-state index contributed by atoms with van der Waals surface area (Å²) in [6, 6.07) is 13.5. The zero-order valence-corrected chi connectivity index (χ0v) is 14.6. The van der Waals surface area contributed by atoms with Crippen LogP contribution in [-0.2, 0) is 17.8 Å². The standard InChI is InChI=1S/C20H21N3O3/c1-14-16(22-20(26-14)18-8-5-11-25-18)13-23-10-9-21-19(24)17(23)12-15-6-3-2-4-7-15/h2-8,11,17H,9-10,12-13H2,1H3,(H,21,24). The predicted octanol–water partition coefficient (Wildman–Crippen LogP) is 2.79. The molecule has 1 aromatic carbocycles. The lowest BCUT2D eigenvalue weighted by atomic mass is 10.0. The molecule has 3 aromatic rings. The zero-order chi connectivity index (χ0) is 17.9. The molecule has 1 amide bonds. The van der Waals surface area contributed by atoms with Gasteiger partial charge in [-0.1, -0.05) is 30.3 Å². The number of furan rings is 1. The van der Waals surface area contributed by atoms with E-state index in [1.165, 1.54) is 0 Å². The van der Waals surface area contributed by atoms with Crippen molar-refractivity contribution in [2.24, 2.45) is 0 Å². The highest BCUT2D eigenvalue weighted by Gasteiger charge is 2.31. The highest BCUT2D eigenvalue weighted by atomic mass is 16.4. The van der Waals surface area contributed by atoms with E-state index in [-0.39, 0.29) is 11.9 Å². The molecule has 1 aliphatic heterocycles. The van der Waals surface area contributed by atoms with Crippen LogP contribution in [-0.4, -0.2) is 34.9 Å². The highest BCUT2D eigenvalue weighted by Crippen LogP contribution is 2.24. The molecule has 6 heteroatoms. The van der Waals surface area contributed by atoms with E-state index in [0.29, 0.717) is 31.2 Å². The summed E-state index contributed by atoms with van der Waals surface area (Å²) in [4.78, 5) is 19.2. The Kier molecular flexibility index (Phi) is 4.58. The molecule has 0 radical (unpaired) electrons. The summed E-state index contributed by atoms with van der Waals surface area (Å²) in [6.45, 7) is 3.89. The van der Waals surface area contributed by atoms with E-state index in [1.54, 1.807) is 12.3 Å². The van der Waals surface area contributed by atoms with Crippen LogP contribution in [0.5, 0.6) is 0 Å². The first kappa shape index (κ1) is 16.6. The van der Waals surface area contributed by atoms with Crippen molar-refractivity contribution in [1.29, 1.82) is 0 Å². The molecule has 3 heterocycles. The Balaban J connectivity index is 1.54. The van der Waals surface area contributed by atoms with Gasteiger partial charge in [-0.3, -0.25) is 9.69 Å². The summed E-state index contributed by atoms with van der Waals surface area (Å²) in [5.74, 6) is 1.90. The summed E-state index contributed by atoms with van der Waals surface area (Å²) in [7, 11) is 0. The van der Waals surface area contributed by atoms with E-state index < -0.39 is 0 Å². The molecule has 0 aliphatic carbocycles. The predicted molar refractivity (Wildman–Crippen MR) is 96.3 cm³/mol. The molecule has 1 unspecified atom stereocenters. The van der Waals surface area contributed by atoms with Crippen LogP contribution in [0.3, 0.4) is 0 Å². The van der Waals surface area contributed by atoms with Crippen LogP contribution in [0.15, 0.2) is 57.6 Å². The SMILES string of the molecule is Cc1oc(-c2ccco2)nc1CN1CCNC(=O)C1Cc1ccccc1. The van der Waals surface area contributed by atoms with Gasteiger partial charge in [-0.15, -0.1) is 0 Å².